The maximum atomic E-state index is 12.8. The molecular weight excluding hydrogens is 271 g/mol. The molecule has 2 aromatic rings. The molecule has 0 saturated carbocycles. The van der Waals surface area contributed by atoms with E-state index in [1.807, 2.05) is 0 Å². The Balaban J connectivity index is 2.39. The number of hydrogen-bond donors (Lipinski definition) is 1. The number of pyridine rings is 1. The van der Waals surface area contributed by atoms with Gasteiger partial charge in [0.1, 0.15) is 11.8 Å². The number of para-hydroxylation sites is 1. The van der Waals surface area contributed by atoms with Gasteiger partial charge >= 0.3 is 6.18 Å². The predicted octanol–water partition coefficient (Wildman–Crippen LogP) is 3.35. The first-order valence-corrected chi connectivity index (χ1v) is 5.42. The van der Waals surface area contributed by atoms with E-state index in [0.29, 0.717) is 0 Å². The molecule has 1 aromatic carbocycles. The third-order valence-electron chi connectivity index (χ3n) is 2.41. The molecule has 0 saturated heterocycles. The lowest BCUT2D eigenvalue weighted by Crippen LogP contribution is -2.07. The van der Waals surface area contributed by atoms with Gasteiger partial charge in [0, 0.05) is 6.07 Å². The molecular formula is C13H8F3N3O. The molecule has 0 radical (unpaired) electrons. The van der Waals surface area contributed by atoms with Gasteiger partial charge in [-0.2, -0.15) is 18.4 Å². The fourth-order valence-corrected chi connectivity index (χ4v) is 1.50. The van der Waals surface area contributed by atoms with Gasteiger partial charge in [0.2, 0.25) is 5.88 Å². The van der Waals surface area contributed by atoms with E-state index in [2.05, 4.69) is 4.98 Å². The van der Waals surface area contributed by atoms with E-state index in [1.54, 1.807) is 6.07 Å². The molecule has 0 atom stereocenters. The van der Waals surface area contributed by atoms with Crippen molar-refractivity contribution in [2.24, 2.45) is 0 Å². The summed E-state index contributed by atoms with van der Waals surface area (Å²) in [6.07, 6.45) is -4.54. The largest absolute Gasteiger partial charge is 0.438 e. The molecule has 0 bridgehead atoms. The highest BCUT2D eigenvalue weighted by Gasteiger charge is 2.34. The van der Waals surface area contributed by atoms with Crippen LogP contribution in [0, 0.1) is 11.3 Å². The number of nitrogen functional groups attached to an aromatic ring is 1. The summed E-state index contributed by atoms with van der Waals surface area (Å²) in [5.41, 5.74) is 4.58. The number of nitrogens with two attached hydrogens (primary N) is 1. The van der Waals surface area contributed by atoms with E-state index in [9.17, 15) is 13.2 Å². The van der Waals surface area contributed by atoms with Crippen LogP contribution in [0.3, 0.4) is 0 Å². The van der Waals surface area contributed by atoms with E-state index >= 15 is 0 Å². The molecule has 2 N–H and O–H groups in total. The van der Waals surface area contributed by atoms with Crippen LogP contribution in [0.5, 0.6) is 11.6 Å². The Morgan fingerprint density at radius 3 is 2.50 bits per heavy atom. The molecule has 1 aromatic heterocycles. The summed E-state index contributed by atoms with van der Waals surface area (Å²) in [6, 6.07) is 9.11. The normalized spacial score (nSPS) is 10.9. The first-order valence-electron chi connectivity index (χ1n) is 5.42. The van der Waals surface area contributed by atoms with Gasteiger partial charge in [0.05, 0.1) is 11.3 Å². The Morgan fingerprint density at radius 1 is 1.15 bits per heavy atom. The Hall–Kier alpha value is -2.75. The van der Waals surface area contributed by atoms with Crippen molar-refractivity contribution in [1.29, 1.82) is 5.26 Å². The fourth-order valence-electron chi connectivity index (χ4n) is 1.50. The maximum absolute atomic E-state index is 12.8. The molecule has 0 spiro atoms. The van der Waals surface area contributed by atoms with Crippen LogP contribution in [-0.2, 0) is 6.18 Å². The van der Waals surface area contributed by atoms with Crippen LogP contribution in [0.1, 0.15) is 11.3 Å². The van der Waals surface area contributed by atoms with Crippen molar-refractivity contribution in [2.45, 2.75) is 6.18 Å². The van der Waals surface area contributed by atoms with Crippen LogP contribution in [0.15, 0.2) is 36.4 Å². The zero-order chi connectivity index (χ0) is 14.8. The highest BCUT2D eigenvalue weighted by Crippen LogP contribution is 2.37. The number of halogens is 3. The van der Waals surface area contributed by atoms with E-state index in [1.165, 1.54) is 30.3 Å². The zero-order valence-electron chi connectivity index (χ0n) is 9.98. The Labute approximate surface area is 112 Å². The van der Waals surface area contributed by atoms with Crippen molar-refractivity contribution in [3.8, 4) is 17.7 Å². The van der Waals surface area contributed by atoms with Crippen LogP contribution in [-0.4, -0.2) is 4.98 Å². The van der Waals surface area contributed by atoms with Gasteiger partial charge in [-0.15, -0.1) is 0 Å². The monoisotopic (exact) mass is 279 g/mol. The SMILES string of the molecule is N#Cc1nc(Oc2ccccc2C(F)(F)F)ccc1N. The number of nitriles is 1. The minimum atomic E-state index is -4.54. The number of anilines is 1. The third-order valence-corrected chi connectivity index (χ3v) is 2.41. The molecule has 102 valence electrons. The van der Waals surface area contributed by atoms with Crippen molar-refractivity contribution < 1.29 is 17.9 Å². The summed E-state index contributed by atoms with van der Waals surface area (Å²) in [6.45, 7) is 0. The number of rotatable bonds is 2. The van der Waals surface area contributed by atoms with Gasteiger partial charge in [-0.25, -0.2) is 4.98 Å². The summed E-state index contributed by atoms with van der Waals surface area (Å²) in [7, 11) is 0. The third kappa shape index (κ3) is 2.80. The van der Waals surface area contributed by atoms with Crippen molar-refractivity contribution in [2.75, 3.05) is 5.73 Å². The van der Waals surface area contributed by atoms with Crippen LogP contribution >= 0.6 is 0 Å². The number of aromatic nitrogens is 1. The molecule has 0 aliphatic rings. The smallest absolute Gasteiger partial charge is 0.419 e. The molecule has 0 fully saturated rings. The second-order valence-corrected chi connectivity index (χ2v) is 3.80. The molecule has 0 aliphatic heterocycles. The quantitative estimate of drug-likeness (QED) is 0.915. The van der Waals surface area contributed by atoms with Gasteiger partial charge in [0.25, 0.3) is 0 Å². The van der Waals surface area contributed by atoms with Crippen LogP contribution in [0.4, 0.5) is 18.9 Å². The van der Waals surface area contributed by atoms with E-state index in [-0.39, 0.29) is 23.0 Å². The number of benzene rings is 1. The molecule has 7 heteroatoms. The minimum Gasteiger partial charge on any atom is -0.438 e. The second-order valence-electron chi connectivity index (χ2n) is 3.80. The molecule has 0 amide bonds. The summed E-state index contributed by atoms with van der Waals surface area (Å²) in [5.74, 6) is -0.520. The van der Waals surface area contributed by atoms with Gasteiger partial charge in [-0.05, 0) is 18.2 Å². The second kappa shape index (κ2) is 5.09. The van der Waals surface area contributed by atoms with Crippen LogP contribution in [0.25, 0.3) is 0 Å². The number of nitrogens with zero attached hydrogens (tertiary/aromatic N) is 2. The summed E-state index contributed by atoms with van der Waals surface area (Å²) >= 11 is 0. The number of alkyl halides is 3. The fraction of sp³-hybridized carbons (Fsp3) is 0.0769. The highest BCUT2D eigenvalue weighted by atomic mass is 19.4. The minimum absolute atomic E-state index is 0.105. The first-order chi connectivity index (χ1) is 9.41. The van der Waals surface area contributed by atoms with E-state index < -0.39 is 11.7 Å². The topological polar surface area (TPSA) is 71.9 Å². The van der Waals surface area contributed by atoms with Crippen LogP contribution in [0.2, 0.25) is 0 Å². The lowest BCUT2D eigenvalue weighted by atomic mass is 10.2. The molecule has 0 unspecified atom stereocenters. The van der Waals surface area contributed by atoms with Crippen molar-refractivity contribution in [3.63, 3.8) is 0 Å². The zero-order valence-corrected chi connectivity index (χ0v) is 9.98. The maximum Gasteiger partial charge on any atom is 0.419 e. The van der Waals surface area contributed by atoms with Gasteiger partial charge in [-0.3, -0.25) is 0 Å². The molecule has 1 heterocycles. The number of hydrogen-bond acceptors (Lipinski definition) is 4. The lowest BCUT2D eigenvalue weighted by molar-refractivity contribution is -0.138. The van der Waals surface area contributed by atoms with Gasteiger partial charge in [-0.1, -0.05) is 12.1 Å². The average molecular weight is 279 g/mol. The Morgan fingerprint density at radius 2 is 1.85 bits per heavy atom. The standard InChI is InChI=1S/C13H8F3N3O/c14-13(15,16)8-3-1-2-4-11(8)20-12-6-5-9(18)10(7-17)19-12/h1-6H,18H2. The molecule has 0 aliphatic carbocycles. The molecule has 2 rings (SSSR count). The van der Waals surface area contributed by atoms with Crippen LogP contribution < -0.4 is 10.5 Å². The van der Waals surface area contributed by atoms with E-state index in [4.69, 9.17) is 15.7 Å². The Kier molecular flexibility index (Phi) is 3.48. The first kappa shape index (κ1) is 13.7. The lowest BCUT2D eigenvalue weighted by Gasteiger charge is -2.13. The summed E-state index contributed by atoms with van der Waals surface area (Å²) in [4.78, 5) is 3.73. The van der Waals surface area contributed by atoms with Crippen molar-refractivity contribution in [3.05, 3.63) is 47.7 Å². The molecule has 20 heavy (non-hydrogen) atoms. The van der Waals surface area contributed by atoms with Gasteiger partial charge in [0.15, 0.2) is 5.69 Å². The predicted molar refractivity (Wildman–Crippen MR) is 64.9 cm³/mol. The highest BCUT2D eigenvalue weighted by molar-refractivity contribution is 5.51. The molecule has 4 nitrogen and oxygen atoms in total. The van der Waals surface area contributed by atoms with Crippen molar-refractivity contribution in [1.82, 2.24) is 4.98 Å². The average Bonchev–Trinajstić information content (AvgIpc) is 2.40. The number of ether oxygens (including phenoxy) is 1. The van der Waals surface area contributed by atoms with Gasteiger partial charge < -0.3 is 10.5 Å². The van der Waals surface area contributed by atoms with E-state index in [0.717, 1.165) is 6.07 Å². The summed E-state index contributed by atoms with van der Waals surface area (Å²) < 4.78 is 43.5. The Bertz CT molecular complexity index is 677. The summed E-state index contributed by atoms with van der Waals surface area (Å²) in [5, 5.41) is 8.76. The van der Waals surface area contributed by atoms with Crippen molar-refractivity contribution >= 4 is 5.69 Å².